The maximum atomic E-state index is 15.4. The normalized spacial score (nSPS) is 15.2. The Labute approximate surface area is 238 Å². The Hall–Kier alpha value is -3.91. The zero-order chi connectivity index (χ0) is 28.4. The van der Waals surface area contributed by atoms with Gasteiger partial charge in [0.05, 0.1) is 22.4 Å². The molecule has 206 valence electrons. The van der Waals surface area contributed by atoms with Crippen molar-refractivity contribution in [1.29, 1.82) is 0 Å². The van der Waals surface area contributed by atoms with Crippen molar-refractivity contribution in [1.82, 2.24) is 15.1 Å². The molecule has 1 aromatic heterocycles. The summed E-state index contributed by atoms with van der Waals surface area (Å²) in [4.78, 5) is 28.4. The molecule has 6 nitrogen and oxygen atoms in total. The third-order valence-corrected chi connectivity index (χ3v) is 8.15. The molecule has 8 heteroatoms. The van der Waals surface area contributed by atoms with Gasteiger partial charge in [-0.15, -0.1) is 11.8 Å². The van der Waals surface area contributed by atoms with Crippen LogP contribution in [-0.4, -0.2) is 40.4 Å². The Kier molecular flexibility index (Phi) is 8.07. The highest BCUT2D eigenvalue weighted by Gasteiger charge is 2.38. The van der Waals surface area contributed by atoms with E-state index in [9.17, 15) is 9.59 Å². The van der Waals surface area contributed by atoms with Crippen molar-refractivity contribution in [3.63, 3.8) is 0 Å². The van der Waals surface area contributed by atoms with Gasteiger partial charge < -0.3 is 5.32 Å². The van der Waals surface area contributed by atoms with Gasteiger partial charge in [-0.2, -0.15) is 5.10 Å². The van der Waals surface area contributed by atoms with Gasteiger partial charge >= 0.3 is 0 Å². The molecule has 0 spiro atoms. The second kappa shape index (κ2) is 11.7. The minimum Gasteiger partial charge on any atom is -0.354 e. The Morgan fingerprint density at radius 1 is 1.07 bits per heavy atom. The van der Waals surface area contributed by atoms with Crippen molar-refractivity contribution in [2.75, 3.05) is 23.7 Å². The molecule has 0 saturated carbocycles. The first-order valence-corrected chi connectivity index (χ1v) is 14.5. The van der Waals surface area contributed by atoms with Crippen LogP contribution in [0.25, 0.3) is 16.9 Å². The quantitative estimate of drug-likeness (QED) is 0.293. The highest BCUT2D eigenvalue weighted by molar-refractivity contribution is 8.00. The molecule has 0 radical (unpaired) electrons. The lowest BCUT2D eigenvalue weighted by molar-refractivity contribution is -0.123. The molecule has 0 unspecified atom stereocenters. The van der Waals surface area contributed by atoms with E-state index in [1.807, 2.05) is 70.2 Å². The Morgan fingerprint density at radius 3 is 2.50 bits per heavy atom. The first-order chi connectivity index (χ1) is 19.2. The molecule has 0 bridgehead atoms. The number of aromatic nitrogens is 2. The van der Waals surface area contributed by atoms with E-state index in [-0.39, 0.29) is 35.8 Å². The summed E-state index contributed by atoms with van der Waals surface area (Å²) < 4.78 is 17.1. The van der Waals surface area contributed by atoms with Crippen LogP contribution < -0.4 is 10.2 Å². The Morgan fingerprint density at radius 2 is 1.80 bits per heavy atom. The summed E-state index contributed by atoms with van der Waals surface area (Å²) in [5.74, 6) is 0.0262. The molecule has 0 aliphatic carbocycles. The number of amides is 2. The fraction of sp³-hybridized carbons (Fsp3) is 0.281. The van der Waals surface area contributed by atoms with E-state index in [2.05, 4.69) is 11.4 Å². The van der Waals surface area contributed by atoms with Crippen LogP contribution in [0.2, 0.25) is 0 Å². The van der Waals surface area contributed by atoms with E-state index in [1.165, 1.54) is 22.7 Å². The topological polar surface area (TPSA) is 67.2 Å². The molecule has 1 aliphatic heterocycles. The van der Waals surface area contributed by atoms with Crippen LogP contribution in [0.4, 0.5) is 10.2 Å². The van der Waals surface area contributed by atoms with Crippen LogP contribution in [0.5, 0.6) is 0 Å². The third-order valence-electron chi connectivity index (χ3n) is 6.91. The molecule has 5 rings (SSSR count). The summed E-state index contributed by atoms with van der Waals surface area (Å²) in [6, 6.07) is 22.4. The summed E-state index contributed by atoms with van der Waals surface area (Å²) in [7, 11) is 0. The Balaban J connectivity index is 1.80. The van der Waals surface area contributed by atoms with Crippen LogP contribution in [0, 0.1) is 25.6 Å². The fourth-order valence-electron chi connectivity index (χ4n) is 4.99. The molecule has 2 amide bonds. The van der Waals surface area contributed by atoms with Crippen molar-refractivity contribution in [2.45, 2.75) is 32.9 Å². The van der Waals surface area contributed by atoms with Crippen LogP contribution in [0.3, 0.4) is 0 Å². The molecular weight excluding hydrogens is 523 g/mol. The molecule has 40 heavy (non-hydrogen) atoms. The minimum absolute atomic E-state index is 0.0895. The number of thioether (sulfide) groups is 1. The zero-order valence-electron chi connectivity index (χ0n) is 23.1. The molecule has 1 aliphatic rings. The minimum atomic E-state index is -0.515. The lowest BCUT2D eigenvalue weighted by Crippen LogP contribution is -2.43. The van der Waals surface area contributed by atoms with E-state index in [1.54, 1.807) is 22.9 Å². The van der Waals surface area contributed by atoms with E-state index < -0.39 is 5.25 Å². The summed E-state index contributed by atoms with van der Waals surface area (Å²) in [6.07, 6.45) is 0. The number of nitrogens with zero attached hydrogens (tertiary/aromatic N) is 3. The molecule has 1 atom stereocenters. The van der Waals surface area contributed by atoms with Crippen LogP contribution in [-0.2, 0) is 9.59 Å². The lowest BCUT2D eigenvalue weighted by atomic mass is 9.99. The number of carbonyl (C=O) groups is 2. The van der Waals surface area contributed by atoms with Gasteiger partial charge in [0.1, 0.15) is 18.2 Å². The van der Waals surface area contributed by atoms with Crippen LogP contribution in [0.15, 0.2) is 72.8 Å². The number of nitrogens with one attached hydrogen (secondary N) is 1. The number of fused-ring (bicyclic) bond motifs is 1. The zero-order valence-corrected chi connectivity index (χ0v) is 24.0. The van der Waals surface area contributed by atoms with Gasteiger partial charge in [0.15, 0.2) is 0 Å². The summed E-state index contributed by atoms with van der Waals surface area (Å²) in [5.41, 5.74) is 5.56. The first kappa shape index (κ1) is 27.6. The molecule has 2 heterocycles. The number of carbonyl (C=O) groups excluding carboxylic acids is 2. The van der Waals surface area contributed by atoms with E-state index in [0.29, 0.717) is 29.2 Å². The summed E-state index contributed by atoms with van der Waals surface area (Å²) in [5, 5.41) is 7.52. The number of hydrogen-bond acceptors (Lipinski definition) is 4. The average Bonchev–Trinajstić information content (AvgIpc) is 3.25. The van der Waals surface area contributed by atoms with Gasteiger partial charge in [-0.1, -0.05) is 80.1 Å². The largest absolute Gasteiger partial charge is 0.354 e. The summed E-state index contributed by atoms with van der Waals surface area (Å²) >= 11 is 1.36. The maximum absolute atomic E-state index is 15.4. The predicted molar refractivity (Wildman–Crippen MR) is 159 cm³/mol. The van der Waals surface area contributed by atoms with Crippen LogP contribution in [0.1, 0.15) is 41.4 Å². The molecular formula is C32H33FN4O2S. The van der Waals surface area contributed by atoms with Crippen molar-refractivity contribution in [2.24, 2.45) is 5.92 Å². The molecule has 0 fully saturated rings. The van der Waals surface area contributed by atoms with Gasteiger partial charge in [-0.25, -0.2) is 9.07 Å². The van der Waals surface area contributed by atoms with Gasteiger partial charge in [0, 0.05) is 23.2 Å². The van der Waals surface area contributed by atoms with Gasteiger partial charge in [-0.3, -0.25) is 14.5 Å². The third kappa shape index (κ3) is 5.54. The predicted octanol–water partition coefficient (Wildman–Crippen LogP) is 6.24. The van der Waals surface area contributed by atoms with Gasteiger partial charge in [0.2, 0.25) is 11.8 Å². The van der Waals surface area contributed by atoms with Crippen molar-refractivity contribution in [3.8, 4) is 16.9 Å². The number of benzene rings is 3. The lowest BCUT2D eigenvalue weighted by Gasteiger charge is -2.24. The number of hydrogen-bond donors (Lipinski definition) is 1. The summed E-state index contributed by atoms with van der Waals surface area (Å²) in [6.45, 7) is 8.41. The highest BCUT2D eigenvalue weighted by atomic mass is 32.2. The number of aryl methyl sites for hydroxylation is 2. The van der Waals surface area contributed by atoms with Crippen molar-refractivity contribution < 1.29 is 14.0 Å². The van der Waals surface area contributed by atoms with Crippen LogP contribution >= 0.6 is 11.8 Å². The van der Waals surface area contributed by atoms with E-state index in [0.717, 1.165) is 22.4 Å². The van der Waals surface area contributed by atoms with E-state index >= 15 is 4.39 Å². The number of rotatable bonds is 7. The smallest absolute Gasteiger partial charge is 0.240 e. The fourth-order valence-corrected chi connectivity index (χ4v) is 6.21. The first-order valence-electron chi connectivity index (χ1n) is 13.4. The monoisotopic (exact) mass is 556 g/mol. The highest BCUT2D eigenvalue weighted by Crippen LogP contribution is 2.49. The Bertz CT molecular complexity index is 1550. The number of halogens is 1. The van der Waals surface area contributed by atoms with Gasteiger partial charge in [0.25, 0.3) is 0 Å². The number of anilines is 1. The molecule has 0 saturated heterocycles. The second-order valence-corrected chi connectivity index (χ2v) is 11.6. The standard InChI is InChI=1S/C32H33FN4O2S/c1-20(2)17-34-27(38)18-36-28(39)19-40-31(24-12-8-9-13-25(24)33)29-30(23-10-6-5-7-11-23)35-37(32(29)36)26-15-14-21(3)16-22(26)4/h5-16,20,31H,17-19H2,1-4H3,(H,34,38)/t31-/m1/s1. The maximum Gasteiger partial charge on any atom is 0.240 e. The van der Waals surface area contributed by atoms with E-state index in [4.69, 9.17) is 5.10 Å². The molecule has 3 aromatic carbocycles. The van der Waals surface area contributed by atoms with Crippen molar-refractivity contribution in [3.05, 3.63) is 101 Å². The second-order valence-electron chi connectivity index (χ2n) is 10.5. The van der Waals surface area contributed by atoms with Crippen molar-refractivity contribution >= 4 is 29.4 Å². The molecule has 1 N–H and O–H groups in total. The SMILES string of the molecule is Cc1ccc(-n2nc(-c3ccccc3)c3c2N(CC(=O)NCC(C)C)C(=O)CS[C@@H]3c2ccccc2F)c(C)c1. The molecule has 4 aromatic rings. The van der Waals surface area contributed by atoms with Gasteiger partial charge in [-0.05, 0) is 37.5 Å². The average molecular weight is 557 g/mol.